The summed E-state index contributed by atoms with van der Waals surface area (Å²) < 4.78 is 5.92. The summed E-state index contributed by atoms with van der Waals surface area (Å²) >= 11 is 12.1. The molecule has 0 radical (unpaired) electrons. The molecule has 3 aromatic rings. The van der Waals surface area contributed by atoms with Gasteiger partial charge in [-0.15, -0.1) is 5.10 Å². The molecule has 3 rings (SSSR count). The summed E-state index contributed by atoms with van der Waals surface area (Å²) in [5, 5.41) is 20.1. The van der Waals surface area contributed by atoms with Crippen LogP contribution in [0.4, 0.5) is 5.82 Å². The molecule has 10 nitrogen and oxygen atoms in total. The summed E-state index contributed by atoms with van der Waals surface area (Å²) in [4.78, 5) is 12.6. The number of benzene rings is 1. The van der Waals surface area contributed by atoms with Gasteiger partial charge in [0.2, 0.25) is 11.6 Å². The molecule has 0 spiro atoms. The van der Waals surface area contributed by atoms with Crippen LogP contribution in [0.1, 0.15) is 42.0 Å². The topological polar surface area (TPSA) is 137 Å². The van der Waals surface area contributed by atoms with Crippen LogP contribution in [0, 0.1) is 0 Å². The number of nitrogens with two attached hydrogens (primary N) is 1. The lowest BCUT2D eigenvalue weighted by molar-refractivity contribution is 0.0948. The maximum absolute atomic E-state index is 12.6. The van der Waals surface area contributed by atoms with E-state index >= 15 is 0 Å². The molecule has 0 saturated heterocycles. The van der Waals surface area contributed by atoms with Gasteiger partial charge >= 0.3 is 0 Å². The molecule has 146 valence electrons. The van der Waals surface area contributed by atoms with E-state index in [4.69, 9.17) is 28.9 Å². The summed E-state index contributed by atoms with van der Waals surface area (Å²) in [6.45, 7) is 3.66. The first-order valence-corrected chi connectivity index (χ1v) is 9.01. The number of amides is 1. The Morgan fingerprint density at radius 3 is 2.79 bits per heavy atom. The number of hydrogen-bond acceptors (Lipinski definition) is 8. The molecule has 3 N–H and O–H groups in total. The molecule has 0 aliphatic heterocycles. The molecule has 2 aromatic heterocycles. The maximum atomic E-state index is 12.6. The van der Waals surface area contributed by atoms with Crippen molar-refractivity contribution in [3.63, 3.8) is 0 Å². The Bertz CT molecular complexity index is 1040. The van der Waals surface area contributed by atoms with Crippen molar-refractivity contribution >= 4 is 40.6 Å². The average molecular weight is 423 g/mol. The van der Waals surface area contributed by atoms with Crippen LogP contribution in [-0.4, -0.2) is 36.9 Å². The zero-order valence-corrected chi connectivity index (χ0v) is 16.5. The first-order chi connectivity index (χ1) is 13.4. The van der Waals surface area contributed by atoms with E-state index in [2.05, 4.69) is 35.8 Å². The number of hydrazone groups is 1. The molecule has 0 aliphatic carbocycles. The fourth-order valence-electron chi connectivity index (χ4n) is 2.48. The predicted molar refractivity (Wildman–Crippen MR) is 104 cm³/mol. The highest BCUT2D eigenvalue weighted by atomic mass is 35.5. The molecule has 0 bridgehead atoms. The number of nitrogen functional groups attached to an aromatic ring is 1. The highest BCUT2D eigenvalue weighted by molar-refractivity contribution is 6.37. The summed E-state index contributed by atoms with van der Waals surface area (Å²) in [5.41, 5.74) is 9.93. The molecule has 1 amide bonds. The lowest BCUT2D eigenvalue weighted by Crippen LogP contribution is -2.21. The Balaban J connectivity index is 1.86. The Hall–Kier alpha value is -2.98. The van der Waals surface area contributed by atoms with Crippen LogP contribution in [0.15, 0.2) is 27.9 Å². The van der Waals surface area contributed by atoms with Crippen LogP contribution in [0.5, 0.6) is 0 Å². The zero-order valence-electron chi connectivity index (χ0n) is 15.0. The van der Waals surface area contributed by atoms with E-state index in [1.807, 2.05) is 6.92 Å². The van der Waals surface area contributed by atoms with E-state index < -0.39 is 5.91 Å². The second-order valence-corrected chi connectivity index (χ2v) is 6.63. The molecule has 0 atom stereocenters. The number of halogens is 2. The zero-order chi connectivity index (χ0) is 20.3. The normalized spacial score (nSPS) is 11.6. The molecule has 0 aliphatic rings. The molecule has 0 saturated carbocycles. The standard InChI is InChI=1S/C16H16Cl2N8O2/c1-3-4-12-13(21-25-26(12)15-14(19)23-28-24-15)16(27)22-20-8(2)10-6-5-9(17)7-11(10)18/h5-7H,3-4H2,1-2H3,(H2,19,23)(H,22,27)/b20-8-. The Morgan fingerprint density at radius 1 is 1.36 bits per heavy atom. The van der Waals surface area contributed by atoms with Crippen molar-refractivity contribution < 1.29 is 9.42 Å². The molecule has 0 fully saturated rings. The summed E-state index contributed by atoms with van der Waals surface area (Å²) in [6, 6.07) is 5.00. The van der Waals surface area contributed by atoms with E-state index in [0.717, 1.165) is 6.42 Å². The van der Waals surface area contributed by atoms with Crippen LogP contribution in [0.2, 0.25) is 10.0 Å². The van der Waals surface area contributed by atoms with Gasteiger partial charge in [0.1, 0.15) is 0 Å². The fourth-order valence-corrected chi connectivity index (χ4v) is 3.02. The van der Waals surface area contributed by atoms with Crippen LogP contribution < -0.4 is 11.2 Å². The minimum Gasteiger partial charge on any atom is -0.378 e. The minimum atomic E-state index is -0.533. The summed E-state index contributed by atoms with van der Waals surface area (Å²) in [5.74, 6) is -0.322. The second kappa shape index (κ2) is 8.36. The van der Waals surface area contributed by atoms with Gasteiger partial charge in [0.25, 0.3) is 5.91 Å². The molecule has 1 aromatic carbocycles. The van der Waals surface area contributed by atoms with Crippen molar-refractivity contribution in [1.82, 2.24) is 30.7 Å². The van der Waals surface area contributed by atoms with Gasteiger partial charge in [-0.05, 0) is 35.8 Å². The van der Waals surface area contributed by atoms with Crippen LogP contribution in [-0.2, 0) is 6.42 Å². The van der Waals surface area contributed by atoms with Crippen molar-refractivity contribution in [2.75, 3.05) is 5.73 Å². The van der Waals surface area contributed by atoms with Gasteiger partial charge in [-0.25, -0.2) is 10.1 Å². The quantitative estimate of drug-likeness (QED) is 0.459. The van der Waals surface area contributed by atoms with Crippen molar-refractivity contribution in [3.05, 3.63) is 45.2 Å². The number of hydrogen-bond donors (Lipinski definition) is 2. The third-order valence-corrected chi connectivity index (χ3v) is 4.36. The predicted octanol–water partition coefficient (Wildman–Crippen LogP) is 2.65. The van der Waals surface area contributed by atoms with Crippen molar-refractivity contribution in [2.24, 2.45) is 5.10 Å². The van der Waals surface area contributed by atoms with Crippen molar-refractivity contribution in [2.45, 2.75) is 26.7 Å². The van der Waals surface area contributed by atoms with Gasteiger partial charge in [-0.3, -0.25) is 4.79 Å². The van der Waals surface area contributed by atoms with E-state index in [0.29, 0.717) is 33.4 Å². The van der Waals surface area contributed by atoms with Gasteiger partial charge in [0.05, 0.1) is 16.4 Å². The molecular weight excluding hydrogens is 407 g/mol. The van der Waals surface area contributed by atoms with Gasteiger partial charge in [-0.2, -0.15) is 9.78 Å². The first-order valence-electron chi connectivity index (χ1n) is 8.25. The van der Waals surface area contributed by atoms with Crippen molar-refractivity contribution in [1.29, 1.82) is 0 Å². The summed E-state index contributed by atoms with van der Waals surface area (Å²) in [7, 11) is 0. The van der Waals surface area contributed by atoms with Crippen LogP contribution in [0.3, 0.4) is 0 Å². The first kappa shape index (κ1) is 19.8. The van der Waals surface area contributed by atoms with Crippen LogP contribution >= 0.6 is 23.2 Å². The minimum absolute atomic E-state index is 0.0421. The van der Waals surface area contributed by atoms with E-state index in [9.17, 15) is 4.79 Å². The highest BCUT2D eigenvalue weighted by Gasteiger charge is 2.23. The Labute approximate surface area is 169 Å². The van der Waals surface area contributed by atoms with Gasteiger partial charge in [0, 0.05) is 10.6 Å². The highest BCUT2D eigenvalue weighted by Crippen LogP contribution is 2.21. The number of rotatable bonds is 6. The smallest absolute Gasteiger partial charge is 0.293 e. The third-order valence-electron chi connectivity index (χ3n) is 3.81. The fraction of sp³-hybridized carbons (Fsp3) is 0.250. The molecule has 2 heterocycles. The lowest BCUT2D eigenvalue weighted by atomic mass is 10.1. The van der Waals surface area contributed by atoms with Crippen molar-refractivity contribution in [3.8, 4) is 5.82 Å². The van der Waals surface area contributed by atoms with Gasteiger partial charge in [-0.1, -0.05) is 47.8 Å². The SMILES string of the molecule is CCCc1c(C(=O)N/N=C(/C)c2ccc(Cl)cc2Cl)nnn1-c1nonc1N. The molecule has 0 unspecified atom stereocenters. The van der Waals surface area contributed by atoms with Gasteiger partial charge < -0.3 is 5.73 Å². The maximum Gasteiger partial charge on any atom is 0.293 e. The lowest BCUT2D eigenvalue weighted by Gasteiger charge is -2.06. The largest absolute Gasteiger partial charge is 0.378 e. The number of nitrogens with zero attached hydrogens (tertiary/aromatic N) is 6. The molecule has 12 heteroatoms. The Kier molecular flexibility index (Phi) is 5.90. The number of aromatic nitrogens is 5. The number of carbonyl (C=O) groups is 1. The molecular formula is C16H16Cl2N8O2. The average Bonchev–Trinajstić information content (AvgIpc) is 3.25. The number of carbonyl (C=O) groups excluding carboxylic acids is 1. The van der Waals surface area contributed by atoms with E-state index in [-0.39, 0.29) is 17.3 Å². The number of nitrogens with one attached hydrogen (secondary N) is 1. The monoisotopic (exact) mass is 422 g/mol. The van der Waals surface area contributed by atoms with Gasteiger partial charge in [0.15, 0.2) is 5.69 Å². The van der Waals surface area contributed by atoms with E-state index in [1.54, 1.807) is 25.1 Å². The number of anilines is 1. The summed E-state index contributed by atoms with van der Waals surface area (Å²) in [6.07, 6.45) is 1.25. The third kappa shape index (κ3) is 3.97. The second-order valence-electron chi connectivity index (χ2n) is 5.78. The Morgan fingerprint density at radius 2 is 2.14 bits per heavy atom. The van der Waals surface area contributed by atoms with E-state index in [1.165, 1.54) is 4.68 Å². The molecule has 28 heavy (non-hydrogen) atoms. The van der Waals surface area contributed by atoms with Crippen LogP contribution in [0.25, 0.3) is 5.82 Å².